The zero-order valence-electron chi connectivity index (χ0n) is 9.02. The highest BCUT2D eigenvalue weighted by molar-refractivity contribution is 8.03. The summed E-state index contributed by atoms with van der Waals surface area (Å²) >= 11 is 4.99. The molecule has 0 aromatic carbocycles. The van der Waals surface area contributed by atoms with Gasteiger partial charge in [0.25, 0.3) is 0 Å². The number of likely N-dealkylation sites (N-methyl/N-ethyl adjacent to an activating group) is 1. The molecule has 86 valence electrons. The topological polar surface area (TPSA) is 47.0 Å². The lowest BCUT2D eigenvalue weighted by Crippen LogP contribution is -2.32. The second-order valence-corrected chi connectivity index (χ2v) is 6.09. The average Bonchev–Trinajstić information content (AvgIpc) is 2.72. The van der Waals surface area contributed by atoms with Gasteiger partial charge in [-0.15, -0.1) is 10.2 Å². The molecule has 0 radical (unpaired) electrons. The predicted octanol–water partition coefficient (Wildman–Crippen LogP) is 1.59. The standard InChI is InChI=1S/C8H15N3OS3/c1-9-6(4-12-2)5-14-8-11-10-7(13-3)15-8/h6,9H,4-5H2,1-3H3. The Balaban J connectivity index is 2.34. The molecule has 4 nitrogen and oxygen atoms in total. The average molecular weight is 265 g/mol. The van der Waals surface area contributed by atoms with Crippen LogP contribution in [0.2, 0.25) is 0 Å². The fraction of sp³-hybridized carbons (Fsp3) is 0.750. The summed E-state index contributed by atoms with van der Waals surface area (Å²) in [6.45, 7) is 0.720. The number of aromatic nitrogens is 2. The molecule has 0 saturated heterocycles. The van der Waals surface area contributed by atoms with Gasteiger partial charge >= 0.3 is 0 Å². The molecule has 1 unspecified atom stereocenters. The van der Waals surface area contributed by atoms with Gasteiger partial charge in [-0.3, -0.25) is 0 Å². The molecule has 0 fully saturated rings. The summed E-state index contributed by atoms with van der Waals surface area (Å²) in [7, 11) is 3.66. The smallest absolute Gasteiger partial charge is 0.175 e. The van der Waals surface area contributed by atoms with Crippen molar-refractivity contribution in [2.45, 2.75) is 14.7 Å². The Morgan fingerprint density at radius 2 is 2.20 bits per heavy atom. The van der Waals surface area contributed by atoms with Gasteiger partial charge in [-0.1, -0.05) is 34.9 Å². The first-order valence-corrected chi connectivity index (χ1v) is 7.49. The van der Waals surface area contributed by atoms with Crippen LogP contribution in [0.25, 0.3) is 0 Å². The SMILES string of the molecule is CNC(COC)CSc1nnc(SC)s1. The van der Waals surface area contributed by atoms with Gasteiger partial charge in [-0.25, -0.2) is 0 Å². The molecule has 1 atom stereocenters. The van der Waals surface area contributed by atoms with Gasteiger partial charge in [0.05, 0.1) is 6.61 Å². The number of rotatable bonds is 7. The number of hydrogen-bond donors (Lipinski definition) is 1. The zero-order valence-corrected chi connectivity index (χ0v) is 11.5. The van der Waals surface area contributed by atoms with Crippen molar-refractivity contribution in [3.8, 4) is 0 Å². The lowest BCUT2D eigenvalue weighted by molar-refractivity contribution is 0.177. The Morgan fingerprint density at radius 3 is 2.73 bits per heavy atom. The highest BCUT2D eigenvalue weighted by atomic mass is 32.2. The molecular formula is C8H15N3OS3. The fourth-order valence-corrected chi connectivity index (χ4v) is 3.47. The van der Waals surface area contributed by atoms with Crippen LogP contribution in [-0.2, 0) is 4.74 Å². The molecule has 0 aliphatic rings. The van der Waals surface area contributed by atoms with E-state index in [0.29, 0.717) is 6.04 Å². The lowest BCUT2D eigenvalue weighted by Gasteiger charge is -2.12. The maximum Gasteiger partial charge on any atom is 0.175 e. The first kappa shape index (κ1) is 13.2. The Morgan fingerprint density at radius 1 is 1.47 bits per heavy atom. The summed E-state index contributed by atoms with van der Waals surface area (Å²) in [6, 6.07) is 0.363. The van der Waals surface area contributed by atoms with E-state index in [1.807, 2.05) is 13.3 Å². The van der Waals surface area contributed by atoms with Gasteiger partial charge in [-0.05, 0) is 13.3 Å². The van der Waals surface area contributed by atoms with E-state index < -0.39 is 0 Å². The van der Waals surface area contributed by atoms with Crippen LogP contribution in [0.4, 0.5) is 0 Å². The van der Waals surface area contributed by atoms with Crippen LogP contribution < -0.4 is 5.32 Å². The molecule has 0 amide bonds. The first-order valence-electron chi connectivity index (χ1n) is 4.46. The van der Waals surface area contributed by atoms with Crippen molar-refractivity contribution in [2.24, 2.45) is 0 Å². The summed E-state index contributed by atoms with van der Waals surface area (Å²) in [5, 5.41) is 11.3. The summed E-state index contributed by atoms with van der Waals surface area (Å²) in [6.07, 6.45) is 2.01. The molecule has 0 aliphatic heterocycles. The highest BCUT2D eigenvalue weighted by Gasteiger charge is 2.09. The van der Waals surface area contributed by atoms with Crippen molar-refractivity contribution in [2.75, 3.05) is 32.8 Å². The molecule has 1 aromatic rings. The van der Waals surface area contributed by atoms with E-state index in [9.17, 15) is 0 Å². The minimum atomic E-state index is 0.363. The van der Waals surface area contributed by atoms with Crippen molar-refractivity contribution in [1.29, 1.82) is 0 Å². The zero-order chi connectivity index (χ0) is 11.1. The quantitative estimate of drug-likeness (QED) is 0.756. The number of hydrogen-bond acceptors (Lipinski definition) is 7. The molecule has 1 rings (SSSR count). The predicted molar refractivity (Wildman–Crippen MR) is 67.1 cm³/mol. The minimum Gasteiger partial charge on any atom is -0.383 e. The van der Waals surface area contributed by atoms with E-state index in [1.165, 1.54) is 0 Å². The monoisotopic (exact) mass is 265 g/mol. The van der Waals surface area contributed by atoms with Crippen molar-refractivity contribution >= 4 is 34.9 Å². The number of thioether (sulfide) groups is 2. The lowest BCUT2D eigenvalue weighted by atomic mass is 10.4. The number of nitrogens with zero attached hydrogens (tertiary/aromatic N) is 2. The summed E-state index contributed by atoms with van der Waals surface area (Å²) < 4.78 is 7.14. The van der Waals surface area contributed by atoms with E-state index in [-0.39, 0.29) is 0 Å². The minimum absolute atomic E-state index is 0.363. The van der Waals surface area contributed by atoms with Crippen LogP contribution in [0.15, 0.2) is 8.68 Å². The Labute approximate surface area is 103 Å². The molecule has 15 heavy (non-hydrogen) atoms. The summed E-state index contributed by atoms with van der Waals surface area (Å²) in [5.41, 5.74) is 0. The second kappa shape index (κ2) is 7.45. The summed E-state index contributed by atoms with van der Waals surface area (Å²) in [5.74, 6) is 0.952. The van der Waals surface area contributed by atoms with Gasteiger partial charge in [-0.2, -0.15) is 0 Å². The van der Waals surface area contributed by atoms with Crippen LogP contribution in [0.5, 0.6) is 0 Å². The molecular weight excluding hydrogens is 250 g/mol. The van der Waals surface area contributed by atoms with Crippen molar-refractivity contribution in [3.05, 3.63) is 0 Å². The van der Waals surface area contributed by atoms with Gasteiger partial charge in [0.15, 0.2) is 8.68 Å². The third kappa shape index (κ3) is 4.69. The Hall–Kier alpha value is 0.180. The first-order chi connectivity index (χ1) is 7.30. The van der Waals surface area contributed by atoms with E-state index in [0.717, 1.165) is 21.0 Å². The molecule has 0 aliphatic carbocycles. The van der Waals surface area contributed by atoms with Crippen LogP contribution >= 0.6 is 34.9 Å². The maximum atomic E-state index is 5.10. The molecule has 1 heterocycles. The molecule has 1 aromatic heterocycles. The third-order valence-corrected chi connectivity index (χ3v) is 4.94. The van der Waals surface area contributed by atoms with E-state index in [1.54, 1.807) is 42.0 Å². The van der Waals surface area contributed by atoms with E-state index in [4.69, 9.17) is 4.74 Å². The van der Waals surface area contributed by atoms with Gasteiger partial charge in [0.2, 0.25) is 0 Å². The van der Waals surface area contributed by atoms with Crippen LogP contribution in [0.1, 0.15) is 0 Å². The third-order valence-electron chi connectivity index (χ3n) is 1.75. The Kier molecular flexibility index (Phi) is 6.58. The van der Waals surface area contributed by atoms with Crippen molar-refractivity contribution < 1.29 is 4.74 Å². The Bertz CT molecular complexity index is 282. The number of methoxy groups -OCH3 is 1. The van der Waals surface area contributed by atoms with Crippen LogP contribution in [-0.4, -0.2) is 49.0 Å². The molecule has 0 saturated carbocycles. The van der Waals surface area contributed by atoms with Gasteiger partial charge in [0, 0.05) is 18.9 Å². The number of ether oxygens (including phenoxy) is 1. The van der Waals surface area contributed by atoms with Crippen LogP contribution in [0, 0.1) is 0 Å². The fourth-order valence-electron chi connectivity index (χ4n) is 0.926. The van der Waals surface area contributed by atoms with Crippen molar-refractivity contribution in [1.82, 2.24) is 15.5 Å². The second-order valence-electron chi connectivity index (χ2n) is 2.79. The van der Waals surface area contributed by atoms with E-state index in [2.05, 4.69) is 15.5 Å². The molecule has 0 spiro atoms. The maximum absolute atomic E-state index is 5.10. The summed E-state index contributed by atoms with van der Waals surface area (Å²) in [4.78, 5) is 0. The largest absolute Gasteiger partial charge is 0.383 e. The van der Waals surface area contributed by atoms with Crippen LogP contribution in [0.3, 0.4) is 0 Å². The number of nitrogens with one attached hydrogen (secondary N) is 1. The van der Waals surface area contributed by atoms with Gasteiger partial charge in [0.1, 0.15) is 0 Å². The van der Waals surface area contributed by atoms with Gasteiger partial charge < -0.3 is 10.1 Å². The molecule has 0 bridgehead atoms. The highest BCUT2D eigenvalue weighted by Crippen LogP contribution is 2.27. The normalized spacial score (nSPS) is 13.0. The van der Waals surface area contributed by atoms with Crippen molar-refractivity contribution in [3.63, 3.8) is 0 Å². The molecule has 7 heteroatoms. The molecule has 1 N–H and O–H groups in total. The van der Waals surface area contributed by atoms with E-state index >= 15 is 0 Å².